The molecule has 0 atom stereocenters. The summed E-state index contributed by atoms with van der Waals surface area (Å²) in [4.78, 5) is 23.0. The Bertz CT molecular complexity index is 753. The average Bonchev–Trinajstić information content (AvgIpc) is 2.53. The number of ether oxygens (including phenoxy) is 1. The van der Waals surface area contributed by atoms with Crippen LogP contribution in [-0.2, 0) is 4.79 Å². The third kappa shape index (κ3) is 4.35. The number of rotatable bonds is 6. The summed E-state index contributed by atoms with van der Waals surface area (Å²) in [6, 6.07) is 11.8. The number of amides is 1. The normalized spacial score (nSPS) is 10.5. The number of anilines is 1. The molecular formula is C19H20NO4-. The second kappa shape index (κ2) is 7.64. The summed E-state index contributed by atoms with van der Waals surface area (Å²) in [5, 5.41) is 13.5. The summed E-state index contributed by atoms with van der Waals surface area (Å²) in [5.41, 5.74) is 2.46. The number of aromatic carboxylic acids is 1. The van der Waals surface area contributed by atoms with Crippen LogP contribution in [0.4, 0.5) is 5.69 Å². The zero-order valence-electron chi connectivity index (χ0n) is 14.0. The number of hydrogen-bond donors (Lipinski definition) is 1. The van der Waals surface area contributed by atoms with Crippen LogP contribution >= 0.6 is 0 Å². The molecule has 0 radical (unpaired) electrons. The monoisotopic (exact) mass is 326 g/mol. The molecule has 0 aromatic heterocycles. The summed E-state index contributed by atoms with van der Waals surface area (Å²) in [5.74, 6) is -0.760. The number of carboxylic acid groups (broad SMARTS) is 1. The average molecular weight is 326 g/mol. The highest BCUT2D eigenvalue weighted by Crippen LogP contribution is 2.23. The van der Waals surface area contributed by atoms with Crippen LogP contribution < -0.4 is 15.2 Å². The molecule has 126 valence electrons. The molecule has 5 nitrogen and oxygen atoms in total. The van der Waals surface area contributed by atoms with Crippen LogP contribution in [0.25, 0.3) is 0 Å². The van der Waals surface area contributed by atoms with Gasteiger partial charge in [0.2, 0.25) is 0 Å². The van der Waals surface area contributed by atoms with Gasteiger partial charge in [0.15, 0.2) is 6.61 Å². The number of carbonyl (C=O) groups is 2. The van der Waals surface area contributed by atoms with Crippen molar-refractivity contribution in [3.63, 3.8) is 0 Å². The van der Waals surface area contributed by atoms with Gasteiger partial charge >= 0.3 is 0 Å². The molecule has 2 aromatic carbocycles. The van der Waals surface area contributed by atoms with Gasteiger partial charge in [-0.2, -0.15) is 0 Å². The van der Waals surface area contributed by atoms with Gasteiger partial charge in [-0.05, 0) is 42.2 Å². The minimum absolute atomic E-state index is 0.0667. The lowest BCUT2D eigenvalue weighted by Crippen LogP contribution is -2.26. The molecule has 1 amide bonds. The quantitative estimate of drug-likeness (QED) is 0.884. The van der Waals surface area contributed by atoms with Gasteiger partial charge in [0.1, 0.15) is 5.75 Å². The largest absolute Gasteiger partial charge is 0.545 e. The van der Waals surface area contributed by atoms with E-state index in [1.807, 2.05) is 25.1 Å². The molecular weight excluding hydrogens is 306 g/mol. The summed E-state index contributed by atoms with van der Waals surface area (Å²) < 4.78 is 5.48. The smallest absolute Gasteiger partial charge is 0.262 e. The van der Waals surface area contributed by atoms with Gasteiger partial charge in [0.05, 0.1) is 5.97 Å². The maximum atomic E-state index is 12.0. The Hall–Kier alpha value is -2.82. The number of carboxylic acids is 1. The second-order valence-electron chi connectivity index (χ2n) is 5.84. The highest BCUT2D eigenvalue weighted by atomic mass is 16.5. The highest BCUT2D eigenvalue weighted by Gasteiger charge is 2.09. The molecule has 5 heteroatoms. The molecule has 0 spiro atoms. The van der Waals surface area contributed by atoms with Crippen LogP contribution in [0, 0.1) is 6.92 Å². The highest BCUT2D eigenvalue weighted by molar-refractivity contribution is 6.00. The number of hydrogen-bond acceptors (Lipinski definition) is 4. The van der Waals surface area contributed by atoms with Gasteiger partial charge in [-0.3, -0.25) is 4.79 Å². The SMILES string of the molecule is Cc1cc(OCC(=O)Nc2ccccc2C(=O)[O-])ccc1C(C)C. The van der Waals surface area contributed by atoms with Crippen molar-refractivity contribution in [1.82, 2.24) is 0 Å². The number of nitrogens with one attached hydrogen (secondary N) is 1. The first-order valence-corrected chi connectivity index (χ1v) is 7.72. The lowest BCUT2D eigenvalue weighted by molar-refractivity contribution is -0.254. The van der Waals surface area contributed by atoms with Crippen molar-refractivity contribution in [2.75, 3.05) is 11.9 Å². The molecule has 1 N–H and O–H groups in total. The predicted octanol–water partition coefficient (Wildman–Crippen LogP) is 2.50. The van der Waals surface area contributed by atoms with E-state index in [0.29, 0.717) is 11.7 Å². The van der Waals surface area contributed by atoms with Crippen LogP contribution in [0.2, 0.25) is 0 Å². The van der Waals surface area contributed by atoms with E-state index in [9.17, 15) is 14.7 Å². The number of aryl methyl sites for hydroxylation is 1. The lowest BCUT2D eigenvalue weighted by atomic mass is 9.98. The van der Waals surface area contributed by atoms with Crippen molar-refractivity contribution in [3.8, 4) is 5.75 Å². The van der Waals surface area contributed by atoms with Gasteiger partial charge in [-0.25, -0.2) is 0 Å². The van der Waals surface area contributed by atoms with E-state index in [2.05, 4.69) is 19.2 Å². The fourth-order valence-electron chi connectivity index (χ4n) is 2.49. The van der Waals surface area contributed by atoms with Crippen molar-refractivity contribution in [2.24, 2.45) is 0 Å². The Morgan fingerprint density at radius 3 is 2.50 bits per heavy atom. The van der Waals surface area contributed by atoms with E-state index >= 15 is 0 Å². The maximum absolute atomic E-state index is 12.0. The summed E-state index contributed by atoms with van der Waals surface area (Å²) in [6.07, 6.45) is 0. The van der Waals surface area contributed by atoms with Crippen LogP contribution in [-0.4, -0.2) is 18.5 Å². The molecule has 0 aliphatic rings. The minimum atomic E-state index is -1.34. The van der Waals surface area contributed by atoms with Crippen molar-refractivity contribution >= 4 is 17.6 Å². The minimum Gasteiger partial charge on any atom is -0.545 e. The van der Waals surface area contributed by atoms with E-state index in [1.54, 1.807) is 12.1 Å². The summed E-state index contributed by atoms with van der Waals surface area (Å²) in [6.45, 7) is 6.02. The molecule has 2 aromatic rings. The van der Waals surface area contributed by atoms with Crippen molar-refractivity contribution in [2.45, 2.75) is 26.7 Å². The molecule has 0 bridgehead atoms. The predicted molar refractivity (Wildman–Crippen MR) is 90.2 cm³/mol. The van der Waals surface area contributed by atoms with Crippen LogP contribution in [0.15, 0.2) is 42.5 Å². The van der Waals surface area contributed by atoms with Gasteiger partial charge < -0.3 is 20.0 Å². The molecule has 0 saturated carbocycles. The molecule has 24 heavy (non-hydrogen) atoms. The van der Waals surface area contributed by atoms with E-state index in [-0.39, 0.29) is 17.9 Å². The number of para-hydroxylation sites is 1. The molecule has 0 saturated heterocycles. The van der Waals surface area contributed by atoms with Crippen LogP contribution in [0.5, 0.6) is 5.75 Å². The molecule has 0 aliphatic carbocycles. The zero-order chi connectivity index (χ0) is 17.7. The van der Waals surface area contributed by atoms with Crippen molar-refractivity contribution < 1.29 is 19.4 Å². The van der Waals surface area contributed by atoms with E-state index in [4.69, 9.17) is 4.74 Å². The Morgan fingerprint density at radius 2 is 1.88 bits per heavy atom. The molecule has 0 aliphatic heterocycles. The van der Waals surface area contributed by atoms with Crippen LogP contribution in [0.1, 0.15) is 41.3 Å². The van der Waals surface area contributed by atoms with E-state index in [1.165, 1.54) is 17.7 Å². The first-order valence-electron chi connectivity index (χ1n) is 7.72. The fourth-order valence-corrected chi connectivity index (χ4v) is 2.49. The maximum Gasteiger partial charge on any atom is 0.262 e. The second-order valence-corrected chi connectivity index (χ2v) is 5.84. The van der Waals surface area contributed by atoms with Gasteiger partial charge in [-0.1, -0.05) is 38.1 Å². The number of benzene rings is 2. The van der Waals surface area contributed by atoms with Gasteiger partial charge in [0.25, 0.3) is 5.91 Å². The van der Waals surface area contributed by atoms with E-state index < -0.39 is 11.9 Å². The third-order valence-electron chi connectivity index (χ3n) is 3.65. The Labute approximate surface area is 141 Å². The molecule has 0 unspecified atom stereocenters. The third-order valence-corrected chi connectivity index (χ3v) is 3.65. The zero-order valence-corrected chi connectivity index (χ0v) is 14.0. The Balaban J connectivity index is 1.99. The standard InChI is InChI=1S/C19H21NO4/c1-12(2)15-9-8-14(10-13(15)3)24-11-18(21)20-17-7-5-4-6-16(17)19(22)23/h4-10,12H,11H2,1-3H3,(H,20,21)(H,22,23)/p-1. The van der Waals surface area contributed by atoms with Crippen molar-refractivity contribution in [3.05, 3.63) is 59.2 Å². The molecule has 2 rings (SSSR count). The topological polar surface area (TPSA) is 78.5 Å². The van der Waals surface area contributed by atoms with Crippen molar-refractivity contribution in [1.29, 1.82) is 0 Å². The Morgan fingerprint density at radius 1 is 1.17 bits per heavy atom. The Kier molecular flexibility index (Phi) is 5.58. The number of carbonyl (C=O) groups excluding carboxylic acids is 2. The lowest BCUT2D eigenvalue weighted by Gasteiger charge is -2.14. The summed E-state index contributed by atoms with van der Waals surface area (Å²) >= 11 is 0. The molecule has 0 heterocycles. The van der Waals surface area contributed by atoms with E-state index in [0.717, 1.165) is 5.56 Å². The first-order chi connectivity index (χ1) is 11.4. The fraction of sp³-hybridized carbons (Fsp3) is 0.263. The summed E-state index contributed by atoms with van der Waals surface area (Å²) in [7, 11) is 0. The first kappa shape index (κ1) is 17.5. The van der Waals surface area contributed by atoms with Gasteiger partial charge in [-0.15, -0.1) is 0 Å². The molecule has 0 fully saturated rings. The van der Waals surface area contributed by atoms with Gasteiger partial charge in [0, 0.05) is 11.3 Å². The van der Waals surface area contributed by atoms with Crippen LogP contribution in [0.3, 0.4) is 0 Å².